The summed E-state index contributed by atoms with van der Waals surface area (Å²) in [6, 6.07) is 20.6. The number of rotatable bonds is 11. The molecule has 3 aromatic rings. The van der Waals surface area contributed by atoms with Gasteiger partial charge in [0.15, 0.2) is 0 Å². The van der Waals surface area contributed by atoms with Crippen molar-refractivity contribution >= 4 is 33.4 Å². The van der Waals surface area contributed by atoms with E-state index in [1.807, 2.05) is 12.1 Å². The first-order valence-corrected chi connectivity index (χ1v) is 12.2. The van der Waals surface area contributed by atoms with Crippen molar-refractivity contribution in [3.63, 3.8) is 0 Å². The first-order chi connectivity index (χ1) is 14.6. The van der Waals surface area contributed by atoms with Gasteiger partial charge in [0.2, 0.25) is 5.91 Å². The Balaban J connectivity index is 1.56. The number of nitrogens with one attached hydrogen (secondary N) is 1. The summed E-state index contributed by atoms with van der Waals surface area (Å²) < 4.78 is 32.7. The van der Waals surface area contributed by atoms with Crippen molar-refractivity contribution in [1.29, 1.82) is 0 Å². The van der Waals surface area contributed by atoms with E-state index >= 15 is 0 Å². The lowest BCUT2D eigenvalue weighted by Crippen LogP contribution is -2.41. The molecule has 0 atom stereocenters. The molecule has 0 saturated heterocycles. The number of sulfonamides is 1. The molecule has 0 radical (unpaired) electrons. The van der Waals surface area contributed by atoms with E-state index < -0.39 is 10.0 Å². The number of para-hydroxylation sites is 1. The van der Waals surface area contributed by atoms with Gasteiger partial charge in [-0.1, -0.05) is 36.4 Å². The zero-order valence-corrected chi connectivity index (χ0v) is 18.1. The van der Waals surface area contributed by atoms with Gasteiger partial charge < -0.3 is 9.73 Å². The number of carbonyl (C=O) groups is 1. The molecule has 0 aliphatic rings. The van der Waals surface area contributed by atoms with Crippen LogP contribution in [0.15, 0.2) is 88.4 Å². The van der Waals surface area contributed by atoms with Gasteiger partial charge in [-0.05, 0) is 48.6 Å². The first-order valence-electron chi connectivity index (χ1n) is 9.57. The normalized spacial score (nSPS) is 11.2. The van der Waals surface area contributed by atoms with Crippen LogP contribution in [0.4, 0.5) is 5.69 Å². The van der Waals surface area contributed by atoms with E-state index in [0.29, 0.717) is 12.2 Å². The fraction of sp³-hybridized carbons (Fsp3) is 0.227. The lowest BCUT2D eigenvalue weighted by molar-refractivity contribution is -0.119. The summed E-state index contributed by atoms with van der Waals surface area (Å²) >= 11 is 1.72. The minimum atomic E-state index is -3.86. The Morgan fingerprint density at radius 3 is 2.33 bits per heavy atom. The maximum atomic E-state index is 13.1. The molecule has 0 spiro atoms. The van der Waals surface area contributed by atoms with Gasteiger partial charge in [0.1, 0.15) is 12.3 Å². The molecule has 0 aliphatic carbocycles. The molecule has 158 valence electrons. The SMILES string of the molecule is O=C(CN(c1ccccc1)S(=O)(=O)c1ccccc1)NCCCSCc1ccco1. The van der Waals surface area contributed by atoms with Crippen LogP contribution in [0.2, 0.25) is 0 Å². The van der Waals surface area contributed by atoms with Crippen molar-refractivity contribution in [3.05, 3.63) is 84.8 Å². The zero-order valence-electron chi connectivity index (χ0n) is 16.4. The molecule has 1 amide bonds. The maximum absolute atomic E-state index is 13.1. The summed E-state index contributed by atoms with van der Waals surface area (Å²) in [7, 11) is -3.86. The number of furan rings is 1. The molecule has 0 bridgehead atoms. The molecule has 0 aliphatic heterocycles. The third-order valence-corrected chi connectivity index (χ3v) is 7.13. The largest absolute Gasteiger partial charge is 0.468 e. The van der Waals surface area contributed by atoms with Crippen molar-refractivity contribution in [2.24, 2.45) is 0 Å². The van der Waals surface area contributed by atoms with Crippen LogP contribution in [0.5, 0.6) is 0 Å². The van der Waals surface area contributed by atoms with E-state index in [2.05, 4.69) is 5.32 Å². The topological polar surface area (TPSA) is 79.6 Å². The molecule has 0 fully saturated rings. The number of benzene rings is 2. The molecular formula is C22H24N2O4S2. The van der Waals surface area contributed by atoms with Gasteiger partial charge in [0.05, 0.1) is 22.6 Å². The minimum Gasteiger partial charge on any atom is -0.468 e. The smallest absolute Gasteiger partial charge is 0.264 e. The van der Waals surface area contributed by atoms with Crippen molar-refractivity contribution in [1.82, 2.24) is 5.32 Å². The molecule has 1 N–H and O–H groups in total. The molecular weight excluding hydrogens is 420 g/mol. The summed E-state index contributed by atoms with van der Waals surface area (Å²) in [6.07, 6.45) is 2.44. The predicted octanol–water partition coefficient (Wildman–Crippen LogP) is 3.91. The molecule has 1 aromatic heterocycles. The maximum Gasteiger partial charge on any atom is 0.264 e. The summed E-state index contributed by atoms with van der Waals surface area (Å²) in [5.41, 5.74) is 0.450. The Kier molecular flexibility index (Phi) is 7.98. The Labute approximate surface area is 181 Å². The minimum absolute atomic E-state index is 0.149. The fourth-order valence-corrected chi connectivity index (χ4v) is 5.09. The number of hydrogen-bond donors (Lipinski definition) is 1. The van der Waals surface area contributed by atoms with Crippen LogP contribution < -0.4 is 9.62 Å². The Bertz CT molecular complexity index is 1010. The highest BCUT2D eigenvalue weighted by Crippen LogP contribution is 2.23. The van der Waals surface area contributed by atoms with Gasteiger partial charge in [0, 0.05) is 6.54 Å². The molecule has 6 nitrogen and oxygen atoms in total. The van der Waals surface area contributed by atoms with Crippen LogP contribution in [0.25, 0.3) is 0 Å². The summed E-state index contributed by atoms with van der Waals surface area (Å²) in [4.78, 5) is 12.6. The summed E-state index contributed by atoms with van der Waals surface area (Å²) in [5.74, 6) is 2.24. The molecule has 8 heteroatoms. The van der Waals surface area contributed by atoms with Gasteiger partial charge in [-0.3, -0.25) is 9.10 Å². The van der Waals surface area contributed by atoms with Crippen LogP contribution in [-0.2, 0) is 20.6 Å². The second-order valence-corrected chi connectivity index (χ2v) is 9.46. The van der Waals surface area contributed by atoms with Crippen LogP contribution in [0.1, 0.15) is 12.2 Å². The van der Waals surface area contributed by atoms with E-state index in [9.17, 15) is 13.2 Å². The number of thioether (sulfide) groups is 1. The third-order valence-electron chi connectivity index (χ3n) is 4.27. The summed E-state index contributed by atoms with van der Waals surface area (Å²) in [5, 5.41) is 2.82. The summed E-state index contributed by atoms with van der Waals surface area (Å²) in [6.45, 7) is 0.207. The highest BCUT2D eigenvalue weighted by molar-refractivity contribution is 7.98. The predicted molar refractivity (Wildman–Crippen MR) is 120 cm³/mol. The van der Waals surface area contributed by atoms with Gasteiger partial charge in [-0.15, -0.1) is 0 Å². The zero-order chi connectivity index (χ0) is 21.2. The monoisotopic (exact) mass is 444 g/mol. The molecule has 0 saturated carbocycles. The second-order valence-electron chi connectivity index (χ2n) is 6.50. The molecule has 2 aromatic carbocycles. The Morgan fingerprint density at radius 2 is 1.67 bits per heavy atom. The van der Waals surface area contributed by atoms with E-state index in [1.54, 1.807) is 66.6 Å². The van der Waals surface area contributed by atoms with Gasteiger partial charge in [-0.2, -0.15) is 11.8 Å². The molecule has 0 unspecified atom stereocenters. The standard InChI is InChI=1S/C22H24N2O4S2/c25-22(23-14-8-16-29-18-20-11-7-15-28-20)17-24(19-9-3-1-4-10-19)30(26,27)21-12-5-2-6-13-21/h1-7,9-13,15H,8,14,16-18H2,(H,23,25). The number of hydrogen-bond acceptors (Lipinski definition) is 5. The second kappa shape index (κ2) is 10.9. The van der Waals surface area contributed by atoms with Gasteiger partial charge in [-0.25, -0.2) is 8.42 Å². The van der Waals surface area contributed by atoms with Gasteiger partial charge >= 0.3 is 0 Å². The van der Waals surface area contributed by atoms with Crippen LogP contribution in [-0.4, -0.2) is 33.2 Å². The number of amides is 1. The van der Waals surface area contributed by atoms with Gasteiger partial charge in [0.25, 0.3) is 10.0 Å². The quantitative estimate of drug-likeness (QED) is 0.454. The van der Waals surface area contributed by atoms with Crippen LogP contribution >= 0.6 is 11.8 Å². The van der Waals surface area contributed by atoms with Crippen molar-refractivity contribution < 1.29 is 17.6 Å². The first kappa shape index (κ1) is 22.0. The lowest BCUT2D eigenvalue weighted by atomic mass is 10.3. The number of carbonyl (C=O) groups excluding carboxylic acids is 1. The lowest BCUT2D eigenvalue weighted by Gasteiger charge is -2.24. The molecule has 1 heterocycles. The number of anilines is 1. The van der Waals surface area contributed by atoms with Crippen molar-refractivity contribution in [2.75, 3.05) is 23.1 Å². The van der Waals surface area contributed by atoms with E-state index in [4.69, 9.17) is 4.42 Å². The molecule has 3 rings (SSSR count). The van der Waals surface area contributed by atoms with E-state index in [1.165, 1.54) is 12.1 Å². The fourth-order valence-electron chi connectivity index (χ4n) is 2.78. The van der Waals surface area contributed by atoms with Crippen LogP contribution in [0.3, 0.4) is 0 Å². The Morgan fingerprint density at radius 1 is 0.967 bits per heavy atom. The Hall–Kier alpha value is -2.71. The third kappa shape index (κ3) is 6.14. The van der Waals surface area contributed by atoms with Crippen LogP contribution in [0, 0.1) is 0 Å². The van der Waals surface area contributed by atoms with Crippen molar-refractivity contribution in [3.8, 4) is 0 Å². The average Bonchev–Trinajstić information content (AvgIpc) is 3.29. The number of nitrogens with zero attached hydrogens (tertiary/aromatic N) is 1. The van der Waals surface area contributed by atoms with E-state index in [0.717, 1.165) is 28.0 Å². The highest BCUT2D eigenvalue weighted by atomic mass is 32.2. The average molecular weight is 445 g/mol. The highest BCUT2D eigenvalue weighted by Gasteiger charge is 2.26. The molecule has 30 heavy (non-hydrogen) atoms. The van der Waals surface area contributed by atoms with E-state index in [-0.39, 0.29) is 17.3 Å². The van der Waals surface area contributed by atoms with Crippen molar-refractivity contribution in [2.45, 2.75) is 17.1 Å².